The minimum Gasteiger partial charge on any atom is -0.385 e. The van der Waals surface area contributed by atoms with Crippen LogP contribution in [0.3, 0.4) is 0 Å². The largest absolute Gasteiger partial charge is 0.385 e. The molecular formula is C14H12FN3. The van der Waals surface area contributed by atoms with Crippen LogP contribution in [0.4, 0.5) is 10.1 Å². The van der Waals surface area contributed by atoms with Gasteiger partial charge in [-0.2, -0.15) is 5.26 Å². The van der Waals surface area contributed by atoms with E-state index < -0.39 is 5.82 Å². The summed E-state index contributed by atoms with van der Waals surface area (Å²) < 4.78 is 13.1. The first-order valence-corrected chi connectivity index (χ1v) is 5.62. The molecule has 0 aliphatic carbocycles. The van der Waals surface area contributed by atoms with Gasteiger partial charge in [0.05, 0.1) is 5.56 Å². The summed E-state index contributed by atoms with van der Waals surface area (Å²) in [5, 5.41) is 11.9. The highest BCUT2D eigenvalue weighted by Crippen LogP contribution is 2.13. The van der Waals surface area contributed by atoms with Crippen molar-refractivity contribution in [2.45, 2.75) is 6.42 Å². The van der Waals surface area contributed by atoms with Gasteiger partial charge in [-0.1, -0.05) is 0 Å². The first-order chi connectivity index (χ1) is 8.79. The Morgan fingerprint density at radius 1 is 1.22 bits per heavy atom. The Kier molecular flexibility index (Phi) is 3.87. The summed E-state index contributed by atoms with van der Waals surface area (Å²) in [5.41, 5.74) is 1.99. The molecule has 2 aromatic rings. The number of aromatic nitrogens is 1. The van der Waals surface area contributed by atoms with Crippen molar-refractivity contribution >= 4 is 5.69 Å². The standard InChI is InChI=1S/C14H12FN3/c15-14-2-1-13(9-12(14)10-16)18-8-5-11-3-6-17-7-4-11/h1-4,6-7,9,18H,5,8H2. The molecule has 1 aromatic carbocycles. The fourth-order valence-corrected chi connectivity index (χ4v) is 1.62. The van der Waals surface area contributed by atoms with Crippen LogP contribution in [-0.2, 0) is 6.42 Å². The predicted octanol–water partition coefficient (Wildman–Crippen LogP) is 2.75. The number of benzene rings is 1. The van der Waals surface area contributed by atoms with E-state index in [1.165, 1.54) is 17.7 Å². The molecule has 0 fully saturated rings. The number of pyridine rings is 1. The number of hydrogen-bond acceptors (Lipinski definition) is 3. The zero-order chi connectivity index (χ0) is 12.8. The molecule has 90 valence electrons. The number of nitrogens with zero attached hydrogens (tertiary/aromatic N) is 2. The number of hydrogen-bond donors (Lipinski definition) is 1. The van der Waals surface area contributed by atoms with Crippen LogP contribution >= 0.6 is 0 Å². The molecule has 1 heterocycles. The van der Waals surface area contributed by atoms with Crippen molar-refractivity contribution in [1.82, 2.24) is 4.98 Å². The van der Waals surface area contributed by atoms with Crippen molar-refractivity contribution in [2.24, 2.45) is 0 Å². The van der Waals surface area contributed by atoms with Gasteiger partial charge in [0.2, 0.25) is 0 Å². The maximum absolute atomic E-state index is 13.1. The first kappa shape index (κ1) is 12.1. The van der Waals surface area contributed by atoms with Crippen molar-refractivity contribution in [3.05, 3.63) is 59.7 Å². The summed E-state index contributed by atoms with van der Waals surface area (Å²) in [7, 11) is 0. The molecule has 0 bridgehead atoms. The molecule has 1 N–H and O–H groups in total. The fourth-order valence-electron chi connectivity index (χ4n) is 1.62. The summed E-state index contributed by atoms with van der Waals surface area (Å²) in [6, 6.07) is 10.2. The highest BCUT2D eigenvalue weighted by Gasteiger charge is 2.02. The molecule has 0 amide bonds. The molecule has 2 rings (SSSR count). The maximum atomic E-state index is 13.1. The summed E-state index contributed by atoms with van der Waals surface area (Å²) in [6.07, 6.45) is 4.35. The second-order valence-corrected chi connectivity index (χ2v) is 3.84. The SMILES string of the molecule is N#Cc1cc(NCCc2ccncc2)ccc1F. The molecule has 0 saturated heterocycles. The smallest absolute Gasteiger partial charge is 0.141 e. The lowest BCUT2D eigenvalue weighted by atomic mass is 10.2. The summed E-state index contributed by atoms with van der Waals surface area (Å²) in [4.78, 5) is 3.95. The van der Waals surface area contributed by atoms with Crippen molar-refractivity contribution in [3.8, 4) is 6.07 Å². The molecule has 4 heteroatoms. The average molecular weight is 241 g/mol. The molecule has 0 saturated carbocycles. The predicted molar refractivity (Wildman–Crippen MR) is 67.5 cm³/mol. The molecular weight excluding hydrogens is 229 g/mol. The zero-order valence-electron chi connectivity index (χ0n) is 9.73. The van der Waals surface area contributed by atoms with Crippen LogP contribution in [0.2, 0.25) is 0 Å². The lowest BCUT2D eigenvalue weighted by Gasteiger charge is -2.06. The van der Waals surface area contributed by atoms with Crippen molar-refractivity contribution in [2.75, 3.05) is 11.9 Å². The first-order valence-electron chi connectivity index (χ1n) is 5.62. The van der Waals surface area contributed by atoms with Crippen LogP contribution in [0.5, 0.6) is 0 Å². The monoisotopic (exact) mass is 241 g/mol. The molecule has 0 spiro atoms. The third-order valence-electron chi connectivity index (χ3n) is 2.58. The van der Waals surface area contributed by atoms with Gasteiger partial charge in [-0.25, -0.2) is 4.39 Å². The number of halogens is 1. The van der Waals surface area contributed by atoms with E-state index in [9.17, 15) is 4.39 Å². The van der Waals surface area contributed by atoms with Crippen LogP contribution in [0.15, 0.2) is 42.7 Å². The second-order valence-electron chi connectivity index (χ2n) is 3.84. The molecule has 0 atom stereocenters. The highest BCUT2D eigenvalue weighted by atomic mass is 19.1. The van der Waals surface area contributed by atoms with Crippen LogP contribution in [-0.4, -0.2) is 11.5 Å². The minimum atomic E-state index is -0.489. The number of nitriles is 1. The lowest BCUT2D eigenvalue weighted by molar-refractivity contribution is 0.624. The van der Waals surface area contributed by atoms with Gasteiger partial charge in [-0.05, 0) is 42.3 Å². The topological polar surface area (TPSA) is 48.7 Å². The van der Waals surface area contributed by atoms with Crippen LogP contribution in [0, 0.1) is 17.1 Å². The van der Waals surface area contributed by atoms with E-state index in [1.54, 1.807) is 18.5 Å². The van der Waals surface area contributed by atoms with E-state index in [0.29, 0.717) is 0 Å². The maximum Gasteiger partial charge on any atom is 0.141 e. The van der Waals surface area contributed by atoms with Gasteiger partial charge in [0.25, 0.3) is 0 Å². The second kappa shape index (κ2) is 5.78. The van der Waals surface area contributed by atoms with Gasteiger partial charge in [0, 0.05) is 24.6 Å². The molecule has 18 heavy (non-hydrogen) atoms. The van der Waals surface area contributed by atoms with Gasteiger partial charge in [0.15, 0.2) is 0 Å². The van der Waals surface area contributed by atoms with Gasteiger partial charge in [-0.15, -0.1) is 0 Å². The van der Waals surface area contributed by atoms with Gasteiger partial charge >= 0.3 is 0 Å². The molecule has 0 aliphatic rings. The normalized spacial score (nSPS) is 9.78. The number of rotatable bonds is 4. The molecule has 0 radical (unpaired) electrons. The van der Waals surface area contributed by atoms with E-state index in [1.807, 2.05) is 18.2 Å². The fraction of sp³-hybridized carbons (Fsp3) is 0.143. The molecule has 3 nitrogen and oxygen atoms in total. The van der Waals surface area contributed by atoms with E-state index in [2.05, 4.69) is 10.3 Å². The molecule has 0 unspecified atom stereocenters. The molecule has 1 aromatic heterocycles. The van der Waals surface area contributed by atoms with Crippen LogP contribution < -0.4 is 5.32 Å². The van der Waals surface area contributed by atoms with E-state index in [-0.39, 0.29) is 5.56 Å². The van der Waals surface area contributed by atoms with Crippen molar-refractivity contribution in [1.29, 1.82) is 5.26 Å². The van der Waals surface area contributed by atoms with Crippen molar-refractivity contribution in [3.63, 3.8) is 0 Å². The third kappa shape index (κ3) is 3.05. The van der Waals surface area contributed by atoms with E-state index in [0.717, 1.165) is 18.7 Å². The van der Waals surface area contributed by atoms with Gasteiger partial charge < -0.3 is 5.32 Å². The Hall–Kier alpha value is -2.41. The van der Waals surface area contributed by atoms with E-state index in [4.69, 9.17) is 5.26 Å². The molecule has 0 aliphatic heterocycles. The van der Waals surface area contributed by atoms with Gasteiger partial charge in [0.1, 0.15) is 11.9 Å². The van der Waals surface area contributed by atoms with Crippen LogP contribution in [0.25, 0.3) is 0 Å². The average Bonchev–Trinajstić information content (AvgIpc) is 2.42. The number of anilines is 1. The van der Waals surface area contributed by atoms with Crippen LogP contribution in [0.1, 0.15) is 11.1 Å². The Bertz CT molecular complexity index is 561. The van der Waals surface area contributed by atoms with E-state index >= 15 is 0 Å². The third-order valence-corrected chi connectivity index (χ3v) is 2.58. The quantitative estimate of drug-likeness (QED) is 0.895. The Labute approximate surface area is 105 Å². The van der Waals surface area contributed by atoms with Crippen molar-refractivity contribution < 1.29 is 4.39 Å². The lowest BCUT2D eigenvalue weighted by Crippen LogP contribution is -2.05. The van der Waals surface area contributed by atoms with Gasteiger partial charge in [-0.3, -0.25) is 4.98 Å². The summed E-state index contributed by atoms with van der Waals surface area (Å²) >= 11 is 0. The Balaban J connectivity index is 1.93. The zero-order valence-corrected chi connectivity index (χ0v) is 9.73. The summed E-state index contributed by atoms with van der Waals surface area (Å²) in [5.74, 6) is -0.489. The highest BCUT2D eigenvalue weighted by molar-refractivity contribution is 5.49. The Morgan fingerprint density at radius 2 is 2.00 bits per heavy atom. The number of nitrogens with one attached hydrogen (secondary N) is 1. The Morgan fingerprint density at radius 3 is 2.72 bits per heavy atom. The summed E-state index contributed by atoms with van der Waals surface area (Å²) in [6.45, 7) is 0.723. The minimum absolute atomic E-state index is 0.0592.